The van der Waals surface area contributed by atoms with E-state index in [2.05, 4.69) is 0 Å². The Morgan fingerprint density at radius 2 is 2.14 bits per heavy atom. The molecule has 0 bridgehead atoms. The standard InChI is InChI=1S/C4H8O2.Pb/c1-2-3-4(5)6;/h2-3H2,1H3,(H,5,6);. The average Bonchev–Trinajstić information content (AvgIpc) is 1.35. The minimum Gasteiger partial charge on any atom is -0.481 e. The molecule has 0 aliphatic rings. The topological polar surface area (TPSA) is 37.3 Å². The molecule has 0 rings (SSSR count). The molecule has 0 unspecified atom stereocenters. The monoisotopic (exact) mass is 296 g/mol. The van der Waals surface area contributed by atoms with Gasteiger partial charge < -0.3 is 5.11 Å². The average molecular weight is 295 g/mol. The predicted molar refractivity (Wildman–Crippen MR) is 28.3 cm³/mol. The Hall–Kier alpha value is 0.392. The van der Waals surface area contributed by atoms with Crippen LogP contribution in [0.2, 0.25) is 0 Å². The van der Waals surface area contributed by atoms with Crippen LogP contribution >= 0.6 is 0 Å². The minimum atomic E-state index is -0.711. The Balaban J connectivity index is 0. The van der Waals surface area contributed by atoms with Crippen LogP contribution in [0.1, 0.15) is 19.8 Å². The molecule has 0 atom stereocenters. The molecule has 0 fully saturated rings. The Kier molecular flexibility index (Phi) is 9.49. The van der Waals surface area contributed by atoms with E-state index in [0.29, 0.717) is 6.42 Å². The third-order valence-corrected chi connectivity index (χ3v) is 0.464. The molecule has 0 aromatic carbocycles. The molecular weight excluding hydrogens is 287 g/mol. The summed E-state index contributed by atoms with van der Waals surface area (Å²) in [6.45, 7) is 1.84. The largest absolute Gasteiger partial charge is 0.481 e. The van der Waals surface area contributed by atoms with E-state index in [9.17, 15) is 4.79 Å². The fourth-order valence-corrected chi connectivity index (χ4v) is 0.214. The number of hydrogen-bond acceptors (Lipinski definition) is 1. The zero-order valence-corrected chi connectivity index (χ0v) is 8.16. The zero-order valence-electron chi connectivity index (χ0n) is 4.27. The normalized spacial score (nSPS) is 7.00. The van der Waals surface area contributed by atoms with Crippen molar-refractivity contribution in [1.82, 2.24) is 0 Å². The van der Waals surface area contributed by atoms with Gasteiger partial charge in [-0.15, -0.1) is 0 Å². The van der Waals surface area contributed by atoms with Crippen LogP contribution in [0.5, 0.6) is 0 Å². The second kappa shape index (κ2) is 6.39. The second-order valence-corrected chi connectivity index (χ2v) is 1.14. The summed E-state index contributed by atoms with van der Waals surface area (Å²) < 4.78 is 0. The molecular formula is C4H8O2Pb. The number of carbonyl (C=O) groups is 1. The summed E-state index contributed by atoms with van der Waals surface area (Å²) in [5, 5.41) is 7.91. The maximum absolute atomic E-state index is 9.60. The Bertz CT molecular complexity index is 53.7. The fraction of sp³-hybridized carbons (Fsp3) is 0.750. The molecule has 40 valence electrons. The van der Waals surface area contributed by atoms with E-state index in [0.717, 1.165) is 6.42 Å². The van der Waals surface area contributed by atoms with Gasteiger partial charge in [-0.1, -0.05) is 6.92 Å². The first-order valence-electron chi connectivity index (χ1n) is 1.99. The first-order valence-corrected chi connectivity index (χ1v) is 1.99. The van der Waals surface area contributed by atoms with E-state index in [4.69, 9.17) is 5.11 Å². The number of rotatable bonds is 2. The smallest absolute Gasteiger partial charge is 0.303 e. The van der Waals surface area contributed by atoms with Crippen LogP contribution in [-0.4, -0.2) is 38.4 Å². The molecule has 0 aromatic rings. The van der Waals surface area contributed by atoms with Gasteiger partial charge in [0, 0.05) is 33.7 Å². The maximum atomic E-state index is 9.60. The Morgan fingerprint density at radius 1 is 1.71 bits per heavy atom. The summed E-state index contributed by atoms with van der Waals surface area (Å²) in [6, 6.07) is 0. The molecule has 3 heteroatoms. The van der Waals surface area contributed by atoms with Gasteiger partial charge in [-0.05, 0) is 6.42 Å². The van der Waals surface area contributed by atoms with Gasteiger partial charge >= 0.3 is 5.97 Å². The summed E-state index contributed by atoms with van der Waals surface area (Å²) in [6.07, 6.45) is 1.02. The first-order chi connectivity index (χ1) is 2.77. The summed E-state index contributed by atoms with van der Waals surface area (Å²) in [7, 11) is 0. The van der Waals surface area contributed by atoms with Crippen molar-refractivity contribution < 1.29 is 9.90 Å². The molecule has 0 heterocycles. The number of aliphatic carboxylic acids is 1. The van der Waals surface area contributed by atoms with E-state index in [1.165, 1.54) is 0 Å². The van der Waals surface area contributed by atoms with E-state index in [-0.39, 0.29) is 27.3 Å². The predicted octanol–water partition coefficient (Wildman–Crippen LogP) is 0.490. The van der Waals surface area contributed by atoms with Crippen LogP contribution in [0.4, 0.5) is 0 Å². The molecule has 1 N–H and O–H groups in total. The van der Waals surface area contributed by atoms with E-state index < -0.39 is 5.97 Å². The molecule has 0 amide bonds. The van der Waals surface area contributed by atoms with Crippen molar-refractivity contribution in [2.45, 2.75) is 19.8 Å². The van der Waals surface area contributed by atoms with Crippen molar-refractivity contribution in [2.24, 2.45) is 0 Å². The molecule has 0 spiro atoms. The first kappa shape index (κ1) is 10.4. The van der Waals surface area contributed by atoms with Gasteiger partial charge in [-0.3, -0.25) is 4.79 Å². The Labute approximate surface area is 63.1 Å². The molecule has 4 radical (unpaired) electrons. The third-order valence-electron chi connectivity index (χ3n) is 0.464. The fourth-order valence-electron chi connectivity index (χ4n) is 0.214. The minimum absolute atomic E-state index is 0. The van der Waals surface area contributed by atoms with Gasteiger partial charge in [0.1, 0.15) is 0 Å². The molecule has 0 saturated carbocycles. The van der Waals surface area contributed by atoms with Gasteiger partial charge in [0.05, 0.1) is 0 Å². The van der Waals surface area contributed by atoms with Crippen molar-refractivity contribution in [3.05, 3.63) is 0 Å². The Morgan fingerprint density at radius 3 is 2.14 bits per heavy atom. The third kappa shape index (κ3) is 10.7. The number of hydrogen-bond donors (Lipinski definition) is 1. The second-order valence-electron chi connectivity index (χ2n) is 1.14. The summed E-state index contributed by atoms with van der Waals surface area (Å²) in [5.41, 5.74) is 0. The molecule has 2 nitrogen and oxygen atoms in total. The van der Waals surface area contributed by atoms with Crippen molar-refractivity contribution in [3.8, 4) is 0 Å². The van der Waals surface area contributed by atoms with Crippen molar-refractivity contribution in [2.75, 3.05) is 0 Å². The van der Waals surface area contributed by atoms with Crippen LogP contribution in [0.25, 0.3) is 0 Å². The van der Waals surface area contributed by atoms with Crippen LogP contribution < -0.4 is 0 Å². The quantitative estimate of drug-likeness (QED) is 0.753. The van der Waals surface area contributed by atoms with Crippen LogP contribution in [-0.2, 0) is 4.79 Å². The van der Waals surface area contributed by atoms with E-state index in [1.54, 1.807) is 0 Å². The van der Waals surface area contributed by atoms with Gasteiger partial charge in [-0.2, -0.15) is 0 Å². The molecule has 0 saturated heterocycles. The zero-order chi connectivity index (χ0) is 4.99. The van der Waals surface area contributed by atoms with Crippen LogP contribution in [0, 0.1) is 0 Å². The molecule has 0 aliphatic heterocycles. The molecule has 0 aromatic heterocycles. The number of carboxylic acids is 1. The van der Waals surface area contributed by atoms with Crippen molar-refractivity contribution in [3.63, 3.8) is 0 Å². The summed E-state index contributed by atoms with van der Waals surface area (Å²) >= 11 is 0. The van der Waals surface area contributed by atoms with Crippen LogP contribution in [0.3, 0.4) is 0 Å². The SMILES string of the molecule is CCCC(=O)O.[Pb]. The van der Waals surface area contributed by atoms with Gasteiger partial charge in [0.15, 0.2) is 0 Å². The van der Waals surface area contributed by atoms with Crippen LogP contribution in [0.15, 0.2) is 0 Å². The van der Waals surface area contributed by atoms with Gasteiger partial charge in [-0.25, -0.2) is 0 Å². The molecule has 0 aliphatic carbocycles. The molecule has 7 heavy (non-hydrogen) atoms. The number of carboxylic acid groups (broad SMARTS) is 1. The van der Waals surface area contributed by atoms with Gasteiger partial charge in [0.25, 0.3) is 0 Å². The van der Waals surface area contributed by atoms with E-state index >= 15 is 0 Å². The summed E-state index contributed by atoms with van der Waals surface area (Å²) in [5.74, 6) is -0.711. The van der Waals surface area contributed by atoms with E-state index in [1.807, 2.05) is 6.92 Å². The van der Waals surface area contributed by atoms with Crippen molar-refractivity contribution >= 4 is 33.3 Å². The summed E-state index contributed by atoms with van der Waals surface area (Å²) in [4.78, 5) is 9.60. The van der Waals surface area contributed by atoms with Gasteiger partial charge in [0.2, 0.25) is 0 Å². The maximum Gasteiger partial charge on any atom is 0.303 e. The van der Waals surface area contributed by atoms with Crippen molar-refractivity contribution in [1.29, 1.82) is 0 Å².